The molecule has 9 heteroatoms. The van der Waals surface area contributed by atoms with Gasteiger partial charge in [0.25, 0.3) is 0 Å². The third-order valence-electron chi connectivity index (χ3n) is 5.12. The highest BCUT2D eigenvalue weighted by molar-refractivity contribution is 7.89. The van der Waals surface area contributed by atoms with Crippen molar-refractivity contribution in [3.63, 3.8) is 0 Å². The summed E-state index contributed by atoms with van der Waals surface area (Å²) in [7, 11) is -3.74. The second-order valence-electron chi connectivity index (χ2n) is 7.27. The molecule has 0 bridgehead atoms. The number of amides is 2. The van der Waals surface area contributed by atoms with Crippen LogP contribution in [0.1, 0.15) is 28.1 Å². The van der Waals surface area contributed by atoms with Gasteiger partial charge in [0.15, 0.2) is 0 Å². The summed E-state index contributed by atoms with van der Waals surface area (Å²) < 4.78 is 24.9. The molecule has 162 valence electrons. The number of carbonyl (C=O) groups excluding carboxylic acids is 1. The van der Waals surface area contributed by atoms with Crippen molar-refractivity contribution in [1.82, 2.24) is 9.99 Å². The summed E-state index contributed by atoms with van der Waals surface area (Å²) in [6.45, 7) is 7.77. The molecule has 0 unspecified atom stereocenters. The quantitative estimate of drug-likeness (QED) is 0.417. The Morgan fingerprint density at radius 2 is 1.74 bits per heavy atom. The number of nitrogens with one attached hydrogen (secondary N) is 2. The maximum atomic E-state index is 12.2. The van der Waals surface area contributed by atoms with Gasteiger partial charge in [0.2, 0.25) is 10.0 Å². The van der Waals surface area contributed by atoms with Gasteiger partial charge in [-0.15, -0.1) is 0 Å². The number of anilines is 1. The predicted octanol–water partition coefficient (Wildman–Crippen LogP) is 3.51. The molecule has 0 fully saturated rings. The molecular formula is C22H25N5O3S. The number of nitrogens with two attached hydrogens (primary N) is 1. The lowest BCUT2D eigenvalue weighted by Crippen LogP contribution is -2.24. The van der Waals surface area contributed by atoms with Gasteiger partial charge in [-0.3, -0.25) is 0 Å². The van der Waals surface area contributed by atoms with Gasteiger partial charge in [-0.1, -0.05) is 12.1 Å². The number of hydrazone groups is 1. The Balaban J connectivity index is 1.74. The minimum atomic E-state index is -3.74. The molecule has 1 aromatic heterocycles. The van der Waals surface area contributed by atoms with E-state index in [4.69, 9.17) is 5.14 Å². The number of benzene rings is 2. The van der Waals surface area contributed by atoms with E-state index in [1.165, 1.54) is 12.1 Å². The first kappa shape index (κ1) is 22.3. The van der Waals surface area contributed by atoms with Crippen LogP contribution < -0.4 is 15.9 Å². The maximum Gasteiger partial charge on any atom is 0.339 e. The van der Waals surface area contributed by atoms with Crippen molar-refractivity contribution in [2.45, 2.75) is 32.6 Å². The summed E-state index contributed by atoms with van der Waals surface area (Å²) in [4.78, 5) is 12.2. The van der Waals surface area contributed by atoms with Crippen LogP contribution in [0.5, 0.6) is 0 Å². The number of hydrogen-bond donors (Lipinski definition) is 3. The highest BCUT2D eigenvalue weighted by atomic mass is 32.2. The third-order valence-corrected chi connectivity index (χ3v) is 6.05. The minimum absolute atomic E-state index is 0.0551. The number of urea groups is 1. The molecule has 0 aliphatic carbocycles. The Labute approximate surface area is 181 Å². The normalized spacial score (nSPS) is 11.6. The Bertz CT molecular complexity index is 1260. The fourth-order valence-corrected chi connectivity index (χ4v) is 3.81. The molecule has 0 atom stereocenters. The largest absolute Gasteiger partial charge is 0.339 e. The number of hydrogen-bond acceptors (Lipinski definition) is 4. The van der Waals surface area contributed by atoms with Crippen molar-refractivity contribution in [3.8, 4) is 5.69 Å². The second-order valence-corrected chi connectivity index (χ2v) is 8.83. The molecule has 2 aromatic carbocycles. The van der Waals surface area contributed by atoms with Crippen molar-refractivity contribution in [2.24, 2.45) is 10.2 Å². The van der Waals surface area contributed by atoms with Crippen molar-refractivity contribution in [3.05, 3.63) is 76.6 Å². The zero-order valence-corrected chi connectivity index (χ0v) is 18.6. The van der Waals surface area contributed by atoms with Crippen LogP contribution in [-0.2, 0) is 10.0 Å². The van der Waals surface area contributed by atoms with Gasteiger partial charge in [-0.05, 0) is 75.2 Å². The first-order valence-corrected chi connectivity index (χ1v) is 11.1. The van der Waals surface area contributed by atoms with Gasteiger partial charge in [-0.2, -0.15) is 5.10 Å². The summed E-state index contributed by atoms with van der Waals surface area (Å²) in [5, 5.41) is 12.0. The van der Waals surface area contributed by atoms with Crippen LogP contribution in [0.15, 0.2) is 58.5 Å². The average Bonchev–Trinajstić information content (AvgIpc) is 2.98. The molecule has 8 nitrogen and oxygen atoms in total. The first-order chi connectivity index (χ1) is 14.6. The molecule has 4 N–H and O–H groups in total. The van der Waals surface area contributed by atoms with E-state index in [0.717, 1.165) is 39.5 Å². The van der Waals surface area contributed by atoms with E-state index in [9.17, 15) is 13.2 Å². The van der Waals surface area contributed by atoms with Gasteiger partial charge >= 0.3 is 6.03 Å². The summed E-state index contributed by atoms with van der Waals surface area (Å²) in [6.07, 6.45) is 1.57. The summed E-state index contributed by atoms with van der Waals surface area (Å²) >= 11 is 0. The van der Waals surface area contributed by atoms with E-state index in [1.54, 1.807) is 18.3 Å². The van der Waals surface area contributed by atoms with Gasteiger partial charge in [0, 0.05) is 28.3 Å². The van der Waals surface area contributed by atoms with Gasteiger partial charge < -0.3 is 9.88 Å². The second kappa shape index (κ2) is 8.75. The molecule has 0 spiro atoms. The van der Waals surface area contributed by atoms with Crippen LogP contribution in [0, 0.1) is 27.7 Å². The van der Waals surface area contributed by atoms with E-state index in [2.05, 4.69) is 15.8 Å². The number of carbonyl (C=O) groups is 1. The standard InChI is InChI=1S/C22H25N5O3S/c1-14-6-5-7-21(16(14)3)25-22(28)26-24-13-18-12-15(2)27(17(18)4)19-8-10-20(11-9-19)31(23,29)30/h5-13H,1-4H3,(H2,23,29,30)(H2,25,26,28)/b24-13+. The number of sulfonamides is 1. The number of nitrogens with zero attached hydrogens (tertiary/aromatic N) is 2. The number of primary sulfonamides is 1. The van der Waals surface area contributed by atoms with Crippen molar-refractivity contribution in [2.75, 3.05) is 5.32 Å². The molecule has 2 amide bonds. The summed E-state index contributed by atoms with van der Waals surface area (Å²) in [6, 6.07) is 13.5. The van der Waals surface area contributed by atoms with Gasteiger partial charge in [-0.25, -0.2) is 23.8 Å². The Kier molecular flexibility index (Phi) is 6.28. The molecule has 31 heavy (non-hydrogen) atoms. The lowest BCUT2D eigenvalue weighted by molar-refractivity contribution is 0.252. The molecule has 0 aliphatic rings. The third kappa shape index (κ3) is 5.01. The molecule has 3 rings (SSSR count). The molecule has 0 aliphatic heterocycles. The van der Waals surface area contributed by atoms with E-state index in [0.29, 0.717) is 0 Å². The lowest BCUT2D eigenvalue weighted by Gasteiger charge is -2.10. The fourth-order valence-electron chi connectivity index (χ4n) is 3.30. The van der Waals surface area contributed by atoms with Crippen LogP contribution >= 0.6 is 0 Å². The van der Waals surface area contributed by atoms with E-state index >= 15 is 0 Å². The highest BCUT2D eigenvalue weighted by Crippen LogP contribution is 2.21. The topological polar surface area (TPSA) is 119 Å². The molecule has 0 radical (unpaired) electrons. The molecule has 0 saturated heterocycles. The van der Waals surface area contributed by atoms with Crippen molar-refractivity contribution in [1.29, 1.82) is 0 Å². The van der Waals surface area contributed by atoms with Crippen LogP contribution in [-0.4, -0.2) is 25.2 Å². The number of aryl methyl sites for hydroxylation is 2. The predicted molar refractivity (Wildman–Crippen MR) is 122 cm³/mol. The lowest BCUT2D eigenvalue weighted by atomic mass is 10.1. The van der Waals surface area contributed by atoms with E-state index in [-0.39, 0.29) is 4.90 Å². The number of rotatable bonds is 5. The monoisotopic (exact) mass is 439 g/mol. The fraction of sp³-hybridized carbons (Fsp3) is 0.182. The van der Waals surface area contributed by atoms with Gasteiger partial charge in [0.05, 0.1) is 11.1 Å². The van der Waals surface area contributed by atoms with E-state index in [1.807, 2.05) is 56.5 Å². The minimum Gasteiger partial charge on any atom is -0.318 e. The van der Waals surface area contributed by atoms with E-state index < -0.39 is 16.1 Å². The Morgan fingerprint density at radius 1 is 1.06 bits per heavy atom. The smallest absolute Gasteiger partial charge is 0.318 e. The maximum absolute atomic E-state index is 12.2. The number of aromatic nitrogens is 1. The Morgan fingerprint density at radius 3 is 2.39 bits per heavy atom. The average molecular weight is 440 g/mol. The first-order valence-electron chi connectivity index (χ1n) is 9.56. The van der Waals surface area contributed by atoms with Crippen LogP contribution in [0.25, 0.3) is 5.69 Å². The SMILES string of the molecule is Cc1cccc(NC(=O)N/N=C/c2cc(C)n(-c3ccc(S(N)(=O)=O)cc3)c2C)c1C. The highest BCUT2D eigenvalue weighted by Gasteiger charge is 2.12. The van der Waals surface area contributed by atoms with Crippen molar-refractivity contribution < 1.29 is 13.2 Å². The molecule has 1 heterocycles. The van der Waals surface area contributed by atoms with Crippen LogP contribution in [0.3, 0.4) is 0 Å². The van der Waals surface area contributed by atoms with Crippen LogP contribution in [0.4, 0.5) is 10.5 Å². The zero-order valence-electron chi connectivity index (χ0n) is 17.8. The summed E-state index contributed by atoms with van der Waals surface area (Å²) in [5.41, 5.74) is 8.73. The van der Waals surface area contributed by atoms with Crippen molar-refractivity contribution >= 4 is 28.0 Å². The molecule has 0 saturated carbocycles. The van der Waals surface area contributed by atoms with Gasteiger partial charge in [0.1, 0.15) is 0 Å². The van der Waals surface area contributed by atoms with Crippen LogP contribution in [0.2, 0.25) is 0 Å². The summed E-state index contributed by atoms with van der Waals surface area (Å²) in [5.74, 6) is 0. The molecular weight excluding hydrogens is 414 g/mol. The zero-order chi connectivity index (χ0) is 22.8. The molecule has 3 aromatic rings. The Hall–Kier alpha value is -3.43.